The van der Waals surface area contributed by atoms with Crippen LogP contribution in [-0.4, -0.2) is 47.9 Å². The second kappa shape index (κ2) is 7.67. The van der Waals surface area contributed by atoms with E-state index in [2.05, 4.69) is 41.8 Å². The molecule has 0 aliphatic carbocycles. The number of rotatable bonds is 5. The molecule has 0 radical (unpaired) electrons. The van der Waals surface area contributed by atoms with Crippen molar-refractivity contribution in [2.24, 2.45) is 0 Å². The van der Waals surface area contributed by atoms with Crippen molar-refractivity contribution < 1.29 is 13.2 Å². The number of hydrogen-bond acceptors (Lipinski definition) is 3. The van der Waals surface area contributed by atoms with Crippen molar-refractivity contribution in [2.45, 2.75) is 32.9 Å². The summed E-state index contributed by atoms with van der Waals surface area (Å²) in [4.78, 5) is 14.4. The second-order valence-electron chi connectivity index (χ2n) is 7.55. The van der Waals surface area contributed by atoms with Gasteiger partial charge in [-0.15, -0.1) is 0 Å². The molecule has 5 nitrogen and oxygen atoms in total. The van der Waals surface area contributed by atoms with Crippen molar-refractivity contribution in [3.8, 4) is 0 Å². The third-order valence-electron chi connectivity index (χ3n) is 5.80. The van der Waals surface area contributed by atoms with E-state index in [1.54, 1.807) is 11.0 Å². The van der Waals surface area contributed by atoms with Crippen LogP contribution in [0.1, 0.15) is 25.8 Å². The van der Waals surface area contributed by atoms with Crippen LogP contribution < -0.4 is 0 Å². The number of aromatic nitrogens is 1. The molecule has 3 aromatic rings. The number of amides is 1. The van der Waals surface area contributed by atoms with Gasteiger partial charge in [0.25, 0.3) is 0 Å². The fourth-order valence-corrected chi connectivity index (χ4v) is 6.12. The number of hydrogen-bond donors (Lipinski definition) is 0. The van der Waals surface area contributed by atoms with E-state index in [0.717, 1.165) is 12.1 Å². The van der Waals surface area contributed by atoms with Gasteiger partial charge in [-0.05, 0) is 50.1 Å². The summed E-state index contributed by atoms with van der Waals surface area (Å²) in [5.74, 6) is 0.109. The predicted octanol–water partition coefficient (Wildman–Crippen LogP) is 3.86. The molecule has 152 valence electrons. The lowest BCUT2D eigenvalue weighted by molar-refractivity contribution is -0.127. The van der Waals surface area contributed by atoms with Gasteiger partial charge in [-0.1, -0.05) is 24.3 Å². The highest BCUT2D eigenvalue weighted by molar-refractivity contribution is 7.91. The molecule has 1 aliphatic heterocycles. The van der Waals surface area contributed by atoms with Gasteiger partial charge in [-0.2, -0.15) is 0 Å². The van der Waals surface area contributed by atoms with Gasteiger partial charge in [0.2, 0.25) is 5.91 Å². The van der Waals surface area contributed by atoms with Gasteiger partial charge in [-0.3, -0.25) is 4.79 Å². The number of nitrogens with zero attached hydrogens (tertiary/aromatic N) is 2. The summed E-state index contributed by atoms with van der Waals surface area (Å²) in [6.45, 7) is 5.43. The van der Waals surface area contributed by atoms with E-state index < -0.39 is 9.84 Å². The van der Waals surface area contributed by atoms with E-state index in [9.17, 15) is 13.2 Å². The first kappa shape index (κ1) is 19.7. The molecule has 1 aliphatic rings. The van der Waals surface area contributed by atoms with Gasteiger partial charge in [0.15, 0.2) is 9.84 Å². The Bertz CT molecular complexity index is 1210. The van der Waals surface area contributed by atoms with E-state index in [1.807, 2.05) is 25.1 Å². The minimum absolute atomic E-state index is 0.0723. The molecular formula is C23H26N2O3S. The van der Waals surface area contributed by atoms with Gasteiger partial charge in [0.1, 0.15) is 0 Å². The Balaban J connectivity index is 1.62. The Morgan fingerprint density at radius 3 is 2.59 bits per heavy atom. The Labute approximate surface area is 171 Å². The largest absolute Gasteiger partial charge is 0.341 e. The monoisotopic (exact) mass is 410 g/mol. The first-order valence-electron chi connectivity index (χ1n) is 10.1. The van der Waals surface area contributed by atoms with Crippen LogP contribution in [0.4, 0.5) is 0 Å². The van der Waals surface area contributed by atoms with E-state index in [-0.39, 0.29) is 23.5 Å². The first-order chi connectivity index (χ1) is 13.9. The Morgan fingerprint density at radius 1 is 1.14 bits per heavy atom. The van der Waals surface area contributed by atoms with E-state index in [0.29, 0.717) is 13.0 Å². The molecule has 29 heavy (non-hydrogen) atoms. The third kappa shape index (κ3) is 3.69. The van der Waals surface area contributed by atoms with Crippen molar-refractivity contribution in [1.82, 2.24) is 9.47 Å². The number of carbonyl (C=O) groups is 1. The molecule has 0 spiro atoms. The lowest BCUT2D eigenvalue weighted by atomic mass is 10.1. The molecule has 1 atom stereocenters. The highest BCUT2D eigenvalue weighted by Gasteiger charge is 2.33. The standard InChI is InChI=1S/C23H26N2O3S/c1-3-24(18-13-14-29(27,28)16-18)23(26)12-10-17-9-11-22-20(15-17)19-7-5-6-8-21(19)25(22)4-2/h5-12,15,18H,3-4,13-14,16H2,1-2H3/b12-10-/t18-/m0/s1. The topological polar surface area (TPSA) is 59.4 Å². The minimum Gasteiger partial charge on any atom is -0.341 e. The van der Waals surface area contributed by atoms with Gasteiger partial charge >= 0.3 is 0 Å². The number of para-hydroxylation sites is 1. The molecule has 0 unspecified atom stereocenters. The quantitative estimate of drug-likeness (QED) is 0.600. The summed E-state index contributed by atoms with van der Waals surface area (Å²) in [6, 6.07) is 14.4. The summed E-state index contributed by atoms with van der Waals surface area (Å²) in [5.41, 5.74) is 3.35. The highest BCUT2D eigenvalue weighted by Crippen LogP contribution is 2.30. The van der Waals surface area contributed by atoms with Crippen LogP contribution >= 0.6 is 0 Å². The Kier molecular flexibility index (Phi) is 5.21. The Morgan fingerprint density at radius 2 is 1.90 bits per heavy atom. The molecule has 0 N–H and O–H groups in total. The fraction of sp³-hybridized carbons (Fsp3) is 0.348. The van der Waals surface area contributed by atoms with Crippen LogP contribution in [0.3, 0.4) is 0 Å². The van der Waals surface area contributed by atoms with E-state index in [4.69, 9.17) is 0 Å². The molecule has 4 rings (SSSR count). The molecule has 1 saturated heterocycles. The average Bonchev–Trinajstić information content (AvgIpc) is 3.23. The van der Waals surface area contributed by atoms with Crippen LogP contribution in [0.2, 0.25) is 0 Å². The molecule has 2 heterocycles. The second-order valence-corrected chi connectivity index (χ2v) is 9.78. The number of aryl methyl sites for hydroxylation is 1. The smallest absolute Gasteiger partial charge is 0.246 e. The highest BCUT2D eigenvalue weighted by atomic mass is 32.2. The maximum Gasteiger partial charge on any atom is 0.246 e. The van der Waals surface area contributed by atoms with Crippen molar-refractivity contribution in [2.75, 3.05) is 18.1 Å². The van der Waals surface area contributed by atoms with Crippen LogP contribution in [0.25, 0.3) is 27.9 Å². The fourth-order valence-electron chi connectivity index (χ4n) is 4.39. The zero-order valence-electron chi connectivity index (χ0n) is 16.8. The maximum absolute atomic E-state index is 12.7. The molecule has 1 amide bonds. The Hall–Kier alpha value is -2.60. The molecule has 1 fully saturated rings. The normalized spacial score (nSPS) is 18.8. The van der Waals surface area contributed by atoms with Gasteiger partial charge in [0.05, 0.1) is 11.5 Å². The zero-order valence-corrected chi connectivity index (χ0v) is 17.7. The van der Waals surface area contributed by atoms with Crippen molar-refractivity contribution >= 4 is 43.6 Å². The number of likely N-dealkylation sites (N-methyl/N-ethyl adjacent to an activating group) is 1. The average molecular weight is 411 g/mol. The number of sulfone groups is 1. The summed E-state index contributed by atoms with van der Waals surface area (Å²) >= 11 is 0. The first-order valence-corrected chi connectivity index (χ1v) is 12.0. The number of benzene rings is 2. The van der Waals surface area contributed by atoms with Crippen LogP contribution in [0, 0.1) is 0 Å². The van der Waals surface area contributed by atoms with Crippen molar-refractivity contribution in [3.05, 3.63) is 54.1 Å². The molecular weight excluding hydrogens is 384 g/mol. The minimum atomic E-state index is -3.02. The van der Waals surface area contributed by atoms with Crippen LogP contribution in [-0.2, 0) is 21.2 Å². The number of fused-ring (bicyclic) bond motifs is 3. The van der Waals surface area contributed by atoms with Gasteiger partial charge < -0.3 is 9.47 Å². The summed E-state index contributed by atoms with van der Waals surface area (Å²) in [5, 5.41) is 2.38. The summed E-state index contributed by atoms with van der Waals surface area (Å²) < 4.78 is 25.8. The van der Waals surface area contributed by atoms with Crippen LogP contribution in [0.5, 0.6) is 0 Å². The molecule has 6 heteroatoms. The zero-order chi connectivity index (χ0) is 20.6. The molecule has 0 saturated carbocycles. The molecule has 1 aromatic heterocycles. The summed E-state index contributed by atoms with van der Waals surface area (Å²) in [6.07, 6.45) is 3.92. The molecule has 2 aromatic carbocycles. The van der Waals surface area contributed by atoms with Crippen LogP contribution in [0.15, 0.2) is 48.5 Å². The predicted molar refractivity (Wildman–Crippen MR) is 119 cm³/mol. The van der Waals surface area contributed by atoms with Gasteiger partial charge in [-0.25, -0.2) is 8.42 Å². The molecule has 0 bridgehead atoms. The SMILES string of the molecule is CCN(C(=O)/C=C\c1ccc2c(c1)c1ccccc1n2CC)[C@H]1CCS(=O)(=O)C1. The maximum atomic E-state index is 12.7. The van der Waals surface area contributed by atoms with Crippen molar-refractivity contribution in [1.29, 1.82) is 0 Å². The summed E-state index contributed by atoms with van der Waals surface area (Å²) in [7, 11) is -3.02. The lowest BCUT2D eigenvalue weighted by Gasteiger charge is -2.25. The number of carbonyl (C=O) groups excluding carboxylic acids is 1. The van der Waals surface area contributed by atoms with Gasteiger partial charge in [0, 0.05) is 47.0 Å². The van der Waals surface area contributed by atoms with Crippen molar-refractivity contribution in [3.63, 3.8) is 0 Å². The van der Waals surface area contributed by atoms with E-state index in [1.165, 1.54) is 21.8 Å². The third-order valence-corrected chi connectivity index (χ3v) is 7.55. The van der Waals surface area contributed by atoms with E-state index >= 15 is 0 Å². The lowest BCUT2D eigenvalue weighted by Crippen LogP contribution is -2.40.